The van der Waals surface area contributed by atoms with E-state index in [9.17, 15) is 23.7 Å². The molecule has 0 aliphatic heterocycles. The van der Waals surface area contributed by atoms with Crippen molar-refractivity contribution < 1.29 is 28.5 Å². The van der Waals surface area contributed by atoms with E-state index in [0.717, 1.165) is 17.4 Å². The summed E-state index contributed by atoms with van der Waals surface area (Å²) in [5.74, 6) is 0.719. The summed E-state index contributed by atoms with van der Waals surface area (Å²) in [6.45, 7) is 1.11. The second-order valence-corrected chi connectivity index (χ2v) is 9.04. The molecule has 3 aromatic carbocycles. The van der Waals surface area contributed by atoms with E-state index in [1.807, 2.05) is 36.4 Å². The van der Waals surface area contributed by atoms with Crippen molar-refractivity contribution in [3.05, 3.63) is 72.3 Å². The highest BCUT2D eigenvalue weighted by Gasteiger charge is 2.12. The quantitative estimate of drug-likeness (QED) is 0.233. The van der Waals surface area contributed by atoms with Crippen LogP contribution in [-0.2, 0) is 10.0 Å². The third-order valence-electron chi connectivity index (χ3n) is 4.64. The molecule has 0 bridgehead atoms. The molecule has 0 aliphatic carbocycles. The van der Waals surface area contributed by atoms with Gasteiger partial charge in [-0.15, -0.1) is 0 Å². The Morgan fingerprint density at radius 3 is 2.19 bits per heavy atom. The molecule has 8 nitrogen and oxygen atoms in total. The van der Waals surface area contributed by atoms with Gasteiger partial charge < -0.3 is 25.4 Å². The summed E-state index contributed by atoms with van der Waals surface area (Å²) in [7, 11) is -3.55. The van der Waals surface area contributed by atoms with Gasteiger partial charge >= 0.3 is 0 Å². The maximum absolute atomic E-state index is 11.4. The van der Waals surface area contributed by atoms with Gasteiger partial charge in [0.05, 0.1) is 18.0 Å². The summed E-state index contributed by atoms with van der Waals surface area (Å²) in [5, 5.41) is 32.6. The molecule has 170 valence electrons. The van der Waals surface area contributed by atoms with Gasteiger partial charge in [-0.05, 0) is 53.1 Å². The first-order valence-electron chi connectivity index (χ1n) is 9.93. The zero-order valence-corrected chi connectivity index (χ0v) is 18.3. The predicted molar refractivity (Wildman–Crippen MR) is 123 cm³/mol. The molecule has 0 aliphatic rings. The average Bonchev–Trinajstić information content (AvgIpc) is 2.75. The Morgan fingerprint density at radius 2 is 1.56 bits per heavy atom. The molecule has 0 saturated heterocycles. The zero-order chi connectivity index (χ0) is 23.1. The normalized spacial score (nSPS) is 12.3. The van der Waals surface area contributed by atoms with E-state index in [1.54, 1.807) is 12.1 Å². The first-order chi connectivity index (χ1) is 15.2. The first-order valence-corrected chi connectivity index (χ1v) is 11.8. The van der Waals surface area contributed by atoms with Gasteiger partial charge in [-0.25, -0.2) is 8.42 Å². The minimum Gasteiger partial charge on any atom is -0.508 e. The minimum atomic E-state index is -3.55. The van der Waals surface area contributed by atoms with Gasteiger partial charge in [-0.2, -0.15) is 0 Å². The Hall–Kier alpha value is -3.27. The van der Waals surface area contributed by atoms with Crippen LogP contribution in [0.1, 0.15) is 11.7 Å². The van der Waals surface area contributed by atoms with Gasteiger partial charge in [-0.3, -0.25) is 4.72 Å². The number of aliphatic hydroxyl groups is 1. The highest BCUT2D eigenvalue weighted by Crippen LogP contribution is 2.28. The minimum absolute atomic E-state index is 0.0168. The topological polar surface area (TPSA) is 128 Å². The van der Waals surface area contributed by atoms with Gasteiger partial charge in [-0.1, -0.05) is 30.3 Å². The number of benzene rings is 3. The Morgan fingerprint density at radius 1 is 0.938 bits per heavy atom. The van der Waals surface area contributed by atoms with Crippen molar-refractivity contribution in [1.29, 1.82) is 0 Å². The zero-order valence-electron chi connectivity index (χ0n) is 17.5. The predicted octanol–water partition coefficient (Wildman–Crippen LogP) is 2.84. The lowest BCUT2D eigenvalue weighted by Crippen LogP contribution is -2.26. The van der Waals surface area contributed by atoms with Crippen LogP contribution < -0.4 is 14.8 Å². The maximum atomic E-state index is 11.4. The van der Waals surface area contributed by atoms with Crippen LogP contribution in [0.25, 0.3) is 11.1 Å². The smallest absolute Gasteiger partial charge is 0.229 e. The molecule has 32 heavy (non-hydrogen) atoms. The van der Waals surface area contributed by atoms with Crippen LogP contribution in [0.3, 0.4) is 0 Å². The van der Waals surface area contributed by atoms with E-state index in [0.29, 0.717) is 24.5 Å². The standard InChI is InChI=1S/C23H26N2O6S/c1-32(29,30)25-21-14-18(6-11-22(21)27)23(28)15-24-12-13-31-20-9-4-17(5-10-20)16-2-7-19(26)8-3-16/h2-11,14,23-28H,12-13,15H2,1H3. The third-order valence-corrected chi connectivity index (χ3v) is 5.23. The number of nitrogens with one attached hydrogen (secondary N) is 2. The average molecular weight is 459 g/mol. The lowest BCUT2D eigenvalue weighted by molar-refractivity contribution is 0.172. The Kier molecular flexibility index (Phi) is 7.57. The van der Waals surface area contributed by atoms with Gasteiger partial charge in [0, 0.05) is 13.1 Å². The molecular weight excluding hydrogens is 432 g/mol. The molecule has 0 amide bonds. The maximum Gasteiger partial charge on any atom is 0.229 e. The van der Waals surface area contributed by atoms with Crippen LogP contribution in [0.2, 0.25) is 0 Å². The van der Waals surface area contributed by atoms with Crippen molar-refractivity contribution in [1.82, 2.24) is 5.32 Å². The fourth-order valence-electron chi connectivity index (χ4n) is 3.04. The Labute approximate surface area is 187 Å². The Balaban J connectivity index is 1.44. The van der Waals surface area contributed by atoms with Crippen LogP contribution in [0.4, 0.5) is 5.69 Å². The lowest BCUT2D eigenvalue weighted by atomic mass is 10.1. The number of hydrogen-bond donors (Lipinski definition) is 5. The van der Waals surface area contributed by atoms with E-state index in [2.05, 4.69) is 10.0 Å². The van der Waals surface area contributed by atoms with Gasteiger partial charge in [0.1, 0.15) is 23.9 Å². The molecule has 0 aromatic heterocycles. The fraction of sp³-hybridized carbons (Fsp3) is 0.217. The second kappa shape index (κ2) is 10.4. The first kappa shape index (κ1) is 23.4. The van der Waals surface area contributed by atoms with Crippen molar-refractivity contribution in [2.75, 3.05) is 30.7 Å². The molecule has 0 spiro atoms. The van der Waals surface area contributed by atoms with Crippen molar-refractivity contribution in [2.24, 2.45) is 0 Å². The summed E-state index contributed by atoms with van der Waals surface area (Å²) in [6, 6.07) is 18.8. The number of phenols is 2. The SMILES string of the molecule is CS(=O)(=O)Nc1cc(C(O)CNCCOc2ccc(-c3ccc(O)cc3)cc2)ccc1O. The number of anilines is 1. The van der Waals surface area contributed by atoms with Crippen LogP contribution in [0.15, 0.2) is 66.7 Å². The molecule has 1 atom stereocenters. The highest BCUT2D eigenvalue weighted by molar-refractivity contribution is 7.92. The molecule has 5 N–H and O–H groups in total. The number of rotatable bonds is 10. The molecule has 0 saturated carbocycles. The van der Waals surface area contributed by atoms with Crippen LogP contribution in [0.5, 0.6) is 17.2 Å². The number of sulfonamides is 1. The lowest BCUT2D eigenvalue weighted by Gasteiger charge is -2.15. The number of hydrogen-bond acceptors (Lipinski definition) is 7. The van der Waals surface area contributed by atoms with Crippen LogP contribution >= 0.6 is 0 Å². The van der Waals surface area contributed by atoms with Crippen LogP contribution in [0, 0.1) is 0 Å². The number of phenolic OH excluding ortho intramolecular Hbond substituents is 2. The van der Waals surface area contributed by atoms with Crippen LogP contribution in [-0.4, -0.2) is 49.7 Å². The van der Waals surface area contributed by atoms with Gasteiger partial charge in [0.2, 0.25) is 10.0 Å². The summed E-state index contributed by atoms with van der Waals surface area (Å²) in [4.78, 5) is 0. The summed E-state index contributed by atoms with van der Waals surface area (Å²) in [6.07, 6.45) is 0.0955. The third kappa shape index (κ3) is 6.88. The summed E-state index contributed by atoms with van der Waals surface area (Å²) < 4.78 is 30.7. The number of ether oxygens (including phenoxy) is 1. The monoisotopic (exact) mass is 458 g/mol. The Bertz CT molecular complexity index is 1130. The number of aliphatic hydroxyl groups excluding tert-OH is 1. The summed E-state index contributed by atoms with van der Waals surface area (Å²) in [5.41, 5.74) is 2.49. The molecule has 1 unspecified atom stereocenters. The highest BCUT2D eigenvalue weighted by atomic mass is 32.2. The van der Waals surface area contributed by atoms with Crippen molar-refractivity contribution in [2.45, 2.75) is 6.10 Å². The molecular formula is C23H26N2O6S. The largest absolute Gasteiger partial charge is 0.508 e. The molecule has 9 heteroatoms. The van der Waals surface area contributed by atoms with E-state index >= 15 is 0 Å². The second-order valence-electron chi connectivity index (χ2n) is 7.29. The summed E-state index contributed by atoms with van der Waals surface area (Å²) >= 11 is 0. The molecule has 3 aromatic rings. The van der Waals surface area contributed by atoms with E-state index in [4.69, 9.17) is 4.74 Å². The van der Waals surface area contributed by atoms with E-state index < -0.39 is 16.1 Å². The molecule has 3 rings (SSSR count). The fourth-order valence-corrected chi connectivity index (χ4v) is 3.60. The molecule has 0 heterocycles. The van der Waals surface area contributed by atoms with E-state index in [-0.39, 0.29) is 23.7 Å². The van der Waals surface area contributed by atoms with Crippen molar-refractivity contribution in [3.8, 4) is 28.4 Å². The van der Waals surface area contributed by atoms with Crippen molar-refractivity contribution >= 4 is 15.7 Å². The van der Waals surface area contributed by atoms with Crippen molar-refractivity contribution in [3.63, 3.8) is 0 Å². The molecule has 0 radical (unpaired) electrons. The number of aromatic hydroxyl groups is 2. The van der Waals surface area contributed by atoms with Gasteiger partial charge in [0.15, 0.2) is 0 Å². The van der Waals surface area contributed by atoms with Gasteiger partial charge in [0.25, 0.3) is 0 Å². The molecule has 0 fully saturated rings. The van der Waals surface area contributed by atoms with E-state index in [1.165, 1.54) is 18.2 Å².